The van der Waals surface area contributed by atoms with Crippen LogP contribution in [0.1, 0.15) is 17.0 Å². The van der Waals surface area contributed by atoms with Crippen molar-refractivity contribution in [3.05, 3.63) is 65.7 Å². The minimum Gasteiger partial charge on any atom is -0.340 e. The lowest BCUT2D eigenvalue weighted by atomic mass is 9.89. The third-order valence-electron chi connectivity index (χ3n) is 5.00. The highest BCUT2D eigenvalue weighted by atomic mass is 35.5. The van der Waals surface area contributed by atoms with Gasteiger partial charge in [-0.25, -0.2) is 4.79 Å². The molecular weight excluding hydrogens is 376 g/mol. The number of urea groups is 1. The van der Waals surface area contributed by atoms with Gasteiger partial charge in [-0.3, -0.25) is 4.79 Å². The molecule has 150 valence electrons. The lowest BCUT2D eigenvalue weighted by molar-refractivity contribution is -0.129. The van der Waals surface area contributed by atoms with Crippen molar-refractivity contribution in [3.8, 4) is 0 Å². The van der Waals surface area contributed by atoms with E-state index in [0.29, 0.717) is 25.3 Å². The molecule has 0 spiro atoms. The van der Waals surface area contributed by atoms with E-state index in [1.54, 1.807) is 4.90 Å². The van der Waals surface area contributed by atoms with Gasteiger partial charge in [0.2, 0.25) is 5.91 Å². The summed E-state index contributed by atoms with van der Waals surface area (Å²) in [6.45, 7) is 3.71. The van der Waals surface area contributed by atoms with Crippen LogP contribution in [0.2, 0.25) is 0 Å². The van der Waals surface area contributed by atoms with E-state index in [2.05, 4.69) is 22.8 Å². The first-order valence-electron chi connectivity index (χ1n) is 9.21. The van der Waals surface area contributed by atoms with Gasteiger partial charge in [0.25, 0.3) is 0 Å². The Bertz CT molecular complexity index is 800. The largest absolute Gasteiger partial charge is 0.340 e. The first kappa shape index (κ1) is 21.7. The number of nitrogens with one attached hydrogen (secondary N) is 2. The highest BCUT2D eigenvalue weighted by Crippen LogP contribution is 2.31. The van der Waals surface area contributed by atoms with Crippen molar-refractivity contribution in [1.29, 1.82) is 0 Å². The number of carbonyl (C=O) groups excluding carboxylic acids is 2. The monoisotopic (exact) mass is 402 g/mol. The summed E-state index contributed by atoms with van der Waals surface area (Å²) in [5.41, 5.74) is 8.89. The number of hydrogen-bond acceptors (Lipinski definition) is 3. The zero-order chi connectivity index (χ0) is 19.2. The number of carbonyl (C=O) groups is 2. The van der Waals surface area contributed by atoms with Crippen molar-refractivity contribution >= 4 is 30.0 Å². The fraction of sp³-hybridized carbons (Fsp3) is 0.333. The van der Waals surface area contributed by atoms with Crippen molar-refractivity contribution in [3.63, 3.8) is 0 Å². The van der Waals surface area contributed by atoms with Gasteiger partial charge in [0, 0.05) is 24.7 Å². The average Bonchev–Trinajstić information content (AvgIpc) is 3.11. The maximum atomic E-state index is 12.5. The maximum Gasteiger partial charge on any atom is 0.319 e. The van der Waals surface area contributed by atoms with Crippen LogP contribution in [0.3, 0.4) is 0 Å². The Morgan fingerprint density at radius 3 is 2.54 bits per heavy atom. The van der Waals surface area contributed by atoms with Gasteiger partial charge in [-0.15, -0.1) is 12.4 Å². The molecular formula is C21H27ClN4O2. The molecule has 2 atom stereocenters. The molecule has 3 amide bonds. The van der Waals surface area contributed by atoms with Crippen molar-refractivity contribution in [1.82, 2.24) is 10.2 Å². The Morgan fingerprint density at radius 1 is 1.11 bits per heavy atom. The molecule has 0 aromatic heterocycles. The number of benzene rings is 2. The second-order valence-corrected chi connectivity index (χ2v) is 6.99. The Balaban J connectivity index is 0.00000280. The zero-order valence-corrected chi connectivity index (χ0v) is 16.7. The Morgan fingerprint density at radius 2 is 1.86 bits per heavy atom. The van der Waals surface area contributed by atoms with Crippen LogP contribution in [0.15, 0.2) is 54.6 Å². The Kier molecular flexibility index (Phi) is 7.84. The average molecular weight is 403 g/mol. The van der Waals surface area contributed by atoms with Crippen LogP contribution in [0, 0.1) is 12.8 Å². The van der Waals surface area contributed by atoms with Crippen molar-refractivity contribution in [2.24, 2.45) is 11.7 Å². The van der Waals surface area contributed by atoms with E-state index in [9.17, 15) is 9.59 Å². The molecule has 6 nitrogen and oxygen atoms in total. The van der Waals surface area contributed by atoms with Crippen LogP contribution in [-0.2, 0) is 4.79 Å². The van der Waals surface area contributed by atoms with E-state index >= 15 is 0 Å². The summed E-state index contributed by atoms with van der Waals surface area (Å²) in [5, 5.41) is 5.38. The second-order valence-electron chi connectivity index (χ2n) is 6.99. The smallest absolute Gasteiger partial charge is 0.319 e. The van der Waals surface area contributed by atoms with E-state index in [1.165, 1.54) is 5.56 Å². The summed E-state index contributed by atoms with van der Waals surface area (Å²) in [4.78, 5) is 26.4. The number of nitrogens with zero attached hydrogens (tertiary/aromatic N) is 1. The molecule has 0 aliphatic carbocycles. The number of rotatable bonds is 5. The molecule has 0 bridgehead atoms. The molecule has 2 aromatic rings. The van der Waals surface area contributed by atoms with Crippen LogP contribution < -0.4 is 16.4 Å². The molecule has 1 fully saturated rings. The predicted octanol–water partition coefficient (Wildman–Crippen LogP) is 2.74. The second kappa shape index (κ2) is 10.1. The number of amides is 3. The molecule has 0 saturated carbocycles. The fourth-order valence-corrected chi connectivity index (χ4v) is 3.56. The first-order chi connectivity index (χ1) is 13.1. The molecule has 1 heterocycles. The topological polar surface area (TPSA) is 87.5 Å². The van der Waals surface area contributed by atoms with E-state index in [1.807, 2.05) is 49.4 Å². The van der Waals surface area contributed by atoms with Crippen LogP contribution in [0.4, 0.5) is 10.5 Å². The Labute approximate surface area is 171 Å². The van der Waals surface area contributed by atoms with Crippen molar-refractivity contribution in [2.75, 3.05) is 31.5 Å². The standard InChI is InChI=1S/C21H26N4O2.ClH/c1-15-6-5-9-18(10-15)24-21(27)23-12-20(26)25-13-17(11-22)19(14-25)16-7-3-2-4-8-16;/h2-10,17,19H,11-14,22H2,1H3,(H2,23,24,27);1H/t17-,19+;/m1./s1. The SMILES string of the molecule is Cc1cccc(NC(=O)NCC(=O)N2C[C@@H](CN)[C@H](c3ccccc3)C2)c1.Cl. The fourth-order valence-electron chi connectivity index (χ4n) is 3.56. The third-order valence-corrected chi connectivity index (χ3v) is 5.00. The van der Waals surface area contributed by atoms with Gasteiger partial charge in [-0.05, 0) is 42.6 Å². The molecule has 1 saturated heterocycles. The first-order valence-corrected chi connectivity index (χ1v) is 9.21. The van der Waals surface area contributed by atoms with Crippen LogP contribution >= 0.6 is 12.4 Å². The summed E-state index contributed by atoms with van der Waals surface area (Å²) < 4.78 is 0. The lowest BCUT2D eigenvalue weighted by Crippen LogP contribution is -2.40. The molecule has 0 unspecified atom stereocenters. The predicted molar refractivity (Wildman–Crippen MR) is 114 cm³/mol. The third kappa shape index (κ3) is 5.47. The number of likely N-dealkylation sites (tertiary alicyclic amines) is 1. The molecule has 2 aromatic carbocycles. The molecule has 1 aliphatic heterocycles. The summed E-state index contributed by atoms with van der Waals surface area (Å²) in [6, 6.07) is 17.3. The van der Waals surface area contributed by atoms with Gasteiger partial charge in [-0.2, -0.15) is 0 Å². The molecule has 0 radical (unpaired) electrons. The minimum atomic E-state index is -0.386. The van der Waals surface area contributed by atoms with Crippen LogP contribution in [-0.4, -0.2) is 43.0 Å². The van der Waals surface area contributed by atoms with E-state index in [0.717, 1.165) is 5.56 Å². The van der Waals surface area contributed by atoms with Crippen LogP contribution in [0.25, 0.3) is 0 Å². The number of nitrogens with two attached hydrogens (primary N) is 1. The van der Waals surface area contributed by atoms with Crippen molar-refractivity contribution < 1.29 is 9.59 Å². The van der Waals surface area contributed by atoms with Crippen LogP contribution in [0.5, 0.6) is 0 Å². The number of aryl methyl sites for hydroxylation is 1. The van der Waals surface area contributed by atoms with Gasteiger partial charge in [-0.1, -0.05) is 42.5 Å². The normalized spacial score (nSPS) is 18.3. The van der Waals surface area contributed by atoms with Gasteiger partial charge in [0.1, 0.15) is 0 Å². The molecule has 1 aliphatic rings. The molecule has 3 rings (SSSR count). The summed E-state index contributed by atoms with van der Waals surface area (Å²) in [5.74, 6) is 0.380. The van der Waals surface area contributed by atoms with Gasteiger partial charge >= 0.3 is 6.03 Å². The van der Waals surface area contributed by atoms with E-state index in [-0.39, 0.29) is 42.7 Å². The minimum absolute atomic E-state index is 0. The highest BCUT2D eigenvalue weighted by Gasteiger charge is 2.35. The zero-order valence-electron chi connectivity index (χ0n) is 15.9. The molecule has 4 N–H and O–H groups in total. The quantitative estimate of drug-likeness (QED) is 0.718. The van der Waals surface area contributed by atoms with Gasteiger partial charge in [0.05, 0.1) is 6.54 Å². The number of halogens is 1. The molecule has 7 heteroatoms. The van der Waals surface area contributed by atoms with Crippen molar-refractivity contribution in [2.45, 2.75) is 12.8 Å². The highest BCUT2D eigenvalue weighted by molar-refractivity contribution is 5.92. The van der Waals surface area contributed by atoms with E-state index in [4.69, 9.17) is 5.73 Å². The number of anilines is 1. The summed E-state index contributed by atoms with van der Waals surface area (Å²) >= 11 is 0. The number of hydrogen-bond donors (Lipinski definition) is 3. The lowest BCUT2D eigenvalue weighted by Gasteiger charge is -2.17. The van der Waals surface area contributed by atoms with Gasteiger partial charge in [0.15, 0.2) is 0 Å². The Hall–Kier alpha value is -2.57. The summed E-state index contributed by atoms with van der Waals surface area (Å²) in [6.07, 6.45) is 0. The maximum absolute atomic E-state index is 12.5. The van der Waals surface area contributed by atoms with E-state index < -0.39 is 0 Å². The molecule has 28 heavy (non-hydrogen) atoms. The van der Waals surface area contributed by atoms with Gasteiger partial charge < -0.3 is 21.3 Å². The summed E-state index contributed by atoms with van der Waals surface area (Å²) in [7, 11) is 0.